The van der Waals surface area contributed by atoms with E-state index in [9.17, 15) is 14.4 Å². The monoisotopic (exact) mass is 805 g/mol. The van der Waals surface area contributed by atoms with E-state index in [1.165, 1.54) is 38.0 Å². The van der Waals surface area contributed by atoms with Gasteiger partial charge in [0.2, 0.25) is 11.8 Å². The summed E-state index contributed by atoms with van der Waals surface area (Å²) in [4.78, 5) is 33.3. The van der Waals surface area contributed by atoms with E-state index in [2.05, 4.69) is 144 Å². The van der Waals surface area contributed by atoms with Crippen LogP contribution in [0.15, 0.2) is 60.7 Å². The van der Waals surface area contributed by atoms with E-state index in [1.807, 2.05) is 76.4 Å². The van der Waals surface area contributed by atoms with Crippen LogP contribution < -0.4 is 16.0 Å². The maximum Gasteiger partial charge on any atom is 0.407 e. The number of hydrogen-bond donors (Lipinski definition) is 3. The molecule has 0 unspecified atom stereocenters. The van der Waals surface area contributed by atoms with Gasteiger partial charge in [0, 0.05) is 43.1 Å². The number of rotatable bonds is 3. The minimum Gasteiger partial charge on any atom is -0.453 e. The average Bonchev–Trinajstić information content (AvgIpc) is 2.98. The standard InChI is InChI=1S/C12H18.C11H16.C7H15NO.C6H13NO2.C6H13NO.C5H13N.2CH4/c1-12(2,3)10-9-11-7-5-4-6-8-11;1-11(2,3)9-10-7-5-4-6-8-10;1-6(9)8(5)7(2,3)4;1-6(2,3)7-5(8)9-4;1-5(8)7-6(2,3)4;1-5(2,3)6-4;;/h4-8H,9-10H2,1-3H3;4-8H,9H2,1-3H3;1-5H3;1-4H3,(H,7,8);1-4H3,(H,7,8);6H,1-4H3;2*1H4. The van der Waals surface area contributed by atoms with Gasteiger partial charge in [0.15, 0.2) is 0 Å². The van der Waals surface area contributed by atoms with Crippen LogP contribution in [0.4, 0.5) is 4.79 Å². The van der Waals surface area contributed by atoms with E-state index in [4.69, 9.17) is 0 Å². The van der Waals surface area contributed by atoms with Gasteiger partial charge in [-0.3, -0.25) is 9.59 Å². The van der Waals surface area contributed by atoms with E-state index in [0.717, 1.165) is 6.42 Å². The number of hydrogen-bond acceptors (Lipinski definition) is 5. The Morgan fingerprint density at radius 2 is 0.930 bits per heavy atom. The molecule has 0 saturated heterocycles. The van der Waals surface area contributed by atoms with Crippen molar-refractivity contribution in [1.82, 2.24) is 20.9 Å². The number of aryl methyl sites for hydroxylation is 1. The number of carbonyl (C=O) groups is 3. The number of methoxy groups -OCH3 is 1. The van der Waals surface area contributed by atoms with Gasteiger partial charge in [-0.25, -0.2) is 4.79 Å². The Bertz CT molecular complexity index is 1270. The number of alkyl carbamates (subject to hydrolysis) is 1. The summed E-state index contributed by atoms with van der Waals surface area (Å²) >= 11 is 0. The quantitative estimate of drug-likeness (QED) is 0.287. The molecule has 3 N–H and O–H groups in total. The molecule has 0 spiro atoms. The van der Waals surface area contributed by atoms with Gasteiger partial charge in [0.05, 0.1) is 7.11 Å². The molecule has 0 heterocycles. The fraction of sp³-hybridized carbons (Fsp3) is 0.694. The number of nitrogens with zero attached hydrogens (tertiary/aromatic N) is 1. The van der Waals surface area contributed by atoms with Gasteiger partial charge in [-0.05, 0) is 131 Å². The zero-order valence-electron chi connectivity index (χ0n) is 40.0. The summed E-state index contributed by atoms with van der Waals surface area (Å²) in [5, 5.41) is 8.45. The van der Waals surface area contributed by atoms with Crippen LogP contribution in [0.5, 0.6) is 0 Å². The van der Waals surface area contributed by atoms with Crippen LogP contribution in [-0.4, -0.2) is 66.2 Å². The Hall–Kier alpha value is -3.39. The molecule has 336 valence electrons. The first kappa shape index (κ1) is 65.5. The maximum absolute atomic E-state index is 10.7. The summed E-state index contributed by atoms with van der Waals surface area (Å²) < 4.78 is 4.38. The molecule has 8 nitrogen and oxygen atoms in total. The molecule has 2 aromatic carbocycles. The fourth-order valence-electron chi connectivity index (χ4n) is 3.73. The number of carbonyl (C=O) groups excluding carboxylic acids is 3. The molecular weight excluding hydrogens is 709 g/mol. The van der Waals surface area contributed by atoms with E-state index in [0.29, 0.717) is 16.4 Å². The number of nitrogens with one attached hydrogen (secondary N) is 3. The summed E-state index contributed by atoms with van der Waals surface area (Å²) in [5.41, 5.74) is 3.72. The van der Waals surface area contributed by atoms with Crippen LogP contribution >= 0.6 is 0 Å². The molecule has 3 amide bonds. The Morgan fingerprint density at radius 3 is 1.11 bits per heavy atom. The summed E-state index contributed by atoms with van der Waals surface area (Å²) in [6.07, 6.45) is 3.23. The molecule has 0 aliphatic heterocycles. The van der Waals surface area contributed by atoms with Crippen LogP contribution in [0.1, 0.15) is 171 Å². The maximum atomic E-state index is 10.7. The van der Waals surface area contributed by atoms with Crippen molar-refractivity contribution in [1.29, 1.82) is 0 Å². The van der Waals surface area contributed by atoms with Gasteiger partial charge in [-0.1, -0.05) is 117 Å². The molecule has 0 atom stereocenters. The van der Waals surface area contributed by atoms with Crippen molar-refractivity contribution in [2.45, 2.75) is 195 Å². The lowest BCUT2D eigenvalue weighted by Gasteiger charge is -2.30. The van der Waals surface area contributed by atoms with Crippen LogP contribution in [0, 0.1) is 10.8 Å². The van der Waals surface area contributed by atoms with Crippen molar-refractivity contribution in [2.24, 2.45) is 10.8 Å². The van der Waals surface area contributed by atoms with Crippen LogP contribution in [0.25, 0.3) is 0 Å². The highest BCUT2D eigenvalue weighted by Gasteiger charge is 2.18. The first-order chi connectivity index (χ1) is 24.4. The van der Waals surface area contributed by atoms with Crippen molar-refractivity contribution in [3.05, 3.63) is 71.8 Å². The largest absolute Gasteiger partial charge is 0.453 e. The predicted molar refractivity (Wildman–Crippen MR) is 253 cm³/mol. The van der Waals surface area contributed by atoms with Gasteiger partial charge < -0.3 is 25.6 Å². The molecule has 57 heavy (non-hydrogen) atoms. The summed E-state index contributed by atoms with van der Waals surface area (Å²) in [6.45, 7) is 40.7. The van der Waals surface area contributed by atoms with Crippen molar-refractivity contribution in [3.63, 3.8) is 0 Å². The normalized spacial score (nSPS) is 10.9. The summed E-state index contributed by atoms with van der Waals surface area (Å²) in [7, 11) is 5.11. The number of amides is 3. The highest BCUT2D eigenvalue weighted by Crippen LogP contribution is 2.21. The van der Waals surface area contributed by atoms with E-state index >= 15 is 0 Å². The Balaban J connectivity index is -0.000000138. The van der Waals surface area contributed by atoms with Crippen LogP contribution in [0.2, 0.25) is 0 Å². The van der Waals surface area contributed by atoms with Gasteiger partial charge in [0.1, 0.15) is 0 Å². The third-order valence-corrected chi connectivity index (χ3v) is 7.03. The van der Waals surface area contributed by atoms with Crippen LogP contribution in [-0.2, 0) is 27.2 Å². The lowest BCUT2D eigenvalue weighted by atomic mass is 9.88. The first-order valence-corrected chi connectivity index (χ1v) is 19.6. The van der Waals surface area contributed by atoms with Gasteiger partial charge in [0.25, 0.3) is 0 Å². The van der Waals surface area contributed by atoms with E-state index in [-0.39, 0.29) is 49.4 Å². The van der Waals surface area contributed by atoms with Crippen molar-refractivity contribution in [2.75, 3.05) is 21.2 Å². The van der Waals surface area contributed by atoms with Gasteiger partial charge in [-0.2, -0.15) is 0 Å². The lowest BCUT2D eigenvalue weighted by molar-refractivity contribution is -0.131. The Kier molecular flexibility index (Phi) is 35.2. The Morgan fingerprint density at radius 1 is 0.579 bits per heavy atom. The zero-order valence-corrected chi connectivity index (χ0v) is 40.0. The molecule has 0 fully saturated rings. The number of ether oxygens (including phenoxy) is 1. The second kappa shape index (κ2) is 30.7. The van der Waals surface area contributed by atoms with Gasteiger partial charge in [-0.15, -0.1) is 0 Å². The molecule has 0 aliphatic rings. The van der Waals surface area contributed by atoms with E-state index in [1.54, 1.807) is 11.8 Å². The minimum absolute atomic E-state index is 0. The summed E-state index contributed by atoms with van der Waals surface area (Å²) in [6, 6.07) is 21.3. The molecule has 0 saturated carbocycles. The summed E-state index contributed by atoms with van der Waals surface area (Å²) in [5.74, 6) is 0.139. The molecule has 0 radical (unpaired) electrons. The number of benzene rings is 2. The fourth-order valence-corrected chi connectivity index (χ4v) is 3.73. The van der Waals surface area contributed by atoms with E-state index < -0.39 is 0 Å². The smallest absolute Gasteiger partial charge is 0.407 e. The molecular formula is C49H96N4O4. The molecule has 8 heteroatoms. The topological polar surface area (TPSA) is 99.8 Å². The zero-order chi connectivity index (χ0) is 44.5. The lowest BCUT2D eigenvalue weighted by Crippen LogP contribution is -2.41. The highest BCUT2D eigenvalue weighted by atomic mass is 16.5. The average molecular weight is 805 g/mol. The second-order valence-corrected chi connectivity index (χ2v) is 20.3. The SMILES string of the molecule is C.C.CC(=O)N(C)C(C)(C)C.CC(=O)NC(C)(C)C.CC(C)(C)CCc1ccccc1.CC(C)(C)Cc1ccccc1.CNC(C)(C)C.COC(=O)NC(C)(C)C. The molecule has 0 aromatic heterocycles. The van der Waals surface area contributed by atoms with Gasteiger partial charge >= 0.3 is 6.09 Å². The third kappa shape index (κ3) is 57.0. The molecule has 0 bridgehead atoms. The molecule has 0 aliphatic carbocycles. The first-order valence-electron chi connectivity index (χ1n) is 19.6. The minimum atomic E-state index is -0.387. The second-order valence-electron chi connectivity index (χ2n) is 20.3. The molecule has 2 rings (SSSR count). The highest BCUT2D eigenvalue weighted by molar-refractivity contribution is 5.74. The van der Waals surface area contributed by atoms with Crippen molar-refractivity contribution < 1.29 is 19.1 Å². The third-order valence-electron chi connectivity index (χ3n) is 7.03. The Labute approximate surface area is 355 Å². The van der Waals surface area contributed by atoms with Crippen molar-refractivity contribution in [3.8, 4) is 0 Å². The van der Waals surface area contributed by atoms with Crippen LogP contribution in [0.3, 0.4) is 0 Å². The molecule has 2 aromatic rings. The van der Waals surface area contributed by atoms with Crippen molar-refractivity contribution >= 4 is 17.9 Å². The predicted octanol–water partition coefficient (Wildman–Crippen LogP) is 12.5.